The van der Waals surface area contributed by atoms with Crippen molar-refractivity contribution in [2.45, 2.75) is 52.9 Å². The first-order valence-corrected chi connectivity index (χ1v) is 6.47. The molecule has 0 fully saturated rings. The fourth-order valence-corrected chi connectivity index (χ4v) is 1.59. The van der Waals surface area contributed by atoms with Crippen molar-refractivity contribution in [3.05, 3.63) is 24.3 Å². The van der Waals surface area contributed by atoms with Gasteiger partial charge in [-0.1, -0.05) is 57.9 Å². The molecule has 0 aromatic carbocycles. The van der Waals surface area contributed by atoms with Crippen LogP contribution in [-0.2, 0) is 4.79 Å². The van der Waals surface area contributed by atoms with E-state index in [-0.39, 0.29) is 0 Å². The van der Waals surface area contributed by atoms with Gasteiger partial charge < -0.3 is 4.79 Å². The highest BCUT2D eigenvalue weighted by Gasteiger charge is 1.96. The zero-order valence-corrected chi connectivity index (χ0v) is 11.0. The van der Waals surface area contributed by atoms with E-state index >= 15 is 0 Å². The molecule has 0 N–H and O–H groups in total. The highest BCUT2D eigenvalue weighted by molar-refractivity contribution is 5.51. The van der Waals surface area contributed by atoms with Crippen molar-refractivity contribution < 1.29 is 4.79 Å². The summed E-state index contributed by atoms with van der Waals surface area (Å²) in [4.78, 5) is 10.1. The molecule has 0 aromatic rings. The number of hydrogen-bond donors (Lipinski definition) is 0. The summed E-state index contributed by atoms with van der Waals surface area (Å²) < 4.78 is 0. The Balaban J connectivity index is 3.68. The van der Waals surface area contributed by atoms with Gasteiger partial charge in [-0.3, -0.25) is 0 Å². The zero-order valence-electron chi connectivity index (χ0n) is 11.0. The topological polar surface area (TPSA) is 17.1 Å². The third-order valence-electron chi connectivity index (χ3n) is 2.68. The molecular weight excluding hydrogens is 196 g/mol. The zero-order chi connectivity index (χ0) is 12.2. The second-order valence-electron chi connectivity index (χ2n) is 4.59. The van der Waals surface area contributed by atoms with Gasteiger partial charge in [0, 0.05) is 6.42 Å². The van der Waals surface area contributed by atoms with Crippen LogP contribution in [0, 0.1) is 11.8 Å². The number of allylic oxidation sites excluding steroid dienone is 4. The van der Waals surface area contributed by atoms with E-state index in [0.717, 1.165) is 12.7 Å². The van der Waals surface area contributed by atoms with Crippen molar-refractivity contribution in [2.24, 2.45) is 11.8 Å². The van der Waals surface area contributed by atoms with Gasteiger partial charge in [0.1, 0.15) is 6.29 Å². The third kappa shape index (κ3) is 9.70. The minimum atomic E-state index is 0.537. The maximum Gasteiger partial charge on any atom is 0.123 e. The molecular formula is C15H26O. The third-order valence-corrected chi connectivity index (χ3v) is 2.68. The minimum Gasteiger partial charge on any atom is -0.303 e. The number of carbonyl (C=O) groups is 1. The van der Waals surface area contributed by atoms with Gasteiger partial charge in [0.2, 0.25) is 0 Å². The lowest BCUT2D eigenvalue weighted by atomic mass is 10.0. The normalized spacial score (nSPS) is 15.7. The molecule has 0 aliphatic heterocycles. The Hall–Kier alpha value is -0.850. The SMILES string of the molecule is CCCCC(C)/C=C/CC(C)/C=C/CC=O. The van der Waals surface area contributed by atoms with Crippen LogP contribution in [0.1, 0.15) is 52.9 Å². The lowest BCUT2D eigenvalue weighted by Crippen LogP contribution is -1.91. The Morgan fingerprint density at radius 2 is 1.75 bits per heavy atom. The van der Waals surface area contributed by atoms with Gasteiger partial charge in [-0.05, 0) is 24.7 Å². The van der Waals surface area contributed by atoms with Crippen LogP contribution >= 0.6 is 0 Å². The molecule has 0 heterocycles. The minimum absolute atomic E-state index is 0.537. The van der Waals surface area contributed by atoms with E-state index in [4.69, 9.17) is 0 Å². The number of carbonyl (C=O) groups excluding carboxylic acids is 1. The van der Waals surface area contributed by atoms with E-state index in [1.807, 2.05) is 6.08 Å². The second kappa shape index (κ2) is 10.7. The van der Waals surface area contributed by atoms with Crippen LogP contribution in [0.15, 0.2) is 24.3 Å². The lowest BCUT2D eigenvalue weighted by molar-refractivity contribution is -0.107. The Morgan fingerprint density at radius 3 is 2.38 bits per heavy atom. The Bertz CT molecular complexity index is 215. The van der Waals surface area contributed by atoms with Crippen molar-refractivity contribution in [2.75, 3.05) is 0 Å². The summed E-state index contributed by atoms with van der Waals surface area (Å²) in [6, 6.07) is 0. The number of hydrogen-bond acceptors (Lipinski definition) is 1. The molecule has 0 bridgehead atoms. The van der Waals surface area contributed by atoms with Crippen LogP contribution in [-0.4, -0.2) is 6.29 Å². The summed E-state index contributed by atoms with van der Waals surface area (Å²) >= 11 is 0. The number of unbranched alkanes of at least 4 members (excludes halogenated alkanes) is 1. The van der Waals surface area contributed by atoms with E-state index < -0.39 is 0 Å². The summed E-state index contributed by atoms with van der Waals surface area (Å²) in [5.74, 6) is 1.24. The van der Waals surface area contributed by atoms with Crippen LogP contribution in [0.3, 0.4) is 0 Å². The van der Waals surface area contributed by atoms with E-state index in [1.165, 1.54) is 19.3 Å². The second-order valence-corrected chi connectivity index (χ2v) is 4.59. The summed E-state index contributed by atoms with van der Waals surface area (Å²) in [6.07, 6.45) is 15.1. The molecule has 0 rings (SSSR count). The molecule has 2 unspecified atom stereocenters. The van der Waals surface area contributed by atoms with Crippen LogP contribution in [0.25, 0.3) is 0 Å². The van der Waals surface area contributed by atoms with E-state index in [0.29, 0.717) is 18.3 Å². The quantitative estimate of drug-likeness (QED) is 0.413. The van der Waals surface area contributed by atoms with Gasteiger partial charge in [-0.15, -0.1) is 0 Å². The molecule has 1 heteroatoms. The fourth-order valence-electron chi connectivity index (χ4n) is 1.59. The molecule has 0 aromatic heterocycles. The van der Waals surface area contributed by atoms with Crippen molar-refractivity contribution in [3.8, 4) is 0 Å². The molecule has 1 nitrogen and oxygen atoms in total. The molecule has 0 saturated heterocycles. The van der Waals surface area contributed by atoms with Gasteiger partial charge >= 0.3 is 0 Å². The molecule has 0 amide bonds. The standard InChI is InChI=1S/C15H26O/c1-4-5-9-14(2)11-8-12-15(3)10-6-7-13-16/h6,8,10-11,13-15H,4-5,7,9,12H2,1-3H3/b10-6+,11-8+. The van der Waals surface area contributed by atoms with Gasteiger partial charge in [0.15, 0.2) is 0 Å². The van der Waals surface area contributed by atoms with Crippen LogP contribution in [0.2, 0.25) is 0 Å². The van der Waals surface area contributed by atoms with Gasteiger partial charge in [-0.25, -0.2) is 0 Å². The average Bonchev–Trinajstić information content (AvgIpc) is 2.26. The highest BCUT2D eigenvalue weighted by Crippen LogP contribution is 2.11. The predicted octanol–water partition coefficient (Wildman–Crippen LogP) is 4.54. The maximum atomic E-state index is 10.1. The Morgan fingerprint density at radius 1 is 1.06 bits per heavy atom. The Labute approximate surface area is 101 Å². The molecule has 0 aliphatic carbocycles. The van der Waals surface area contributed by atoms with Crippen molar-refractivity contribution in [1.29, 1.82) is 0 Å². The number of aldehydes is 1. The molecule has 0 radical (unpaired) electrons. The fraction of sp³-hybridized carbons (Fsp3) is 0.667. The summed E-state index contributed by atoms with van der Waals surface area (Å²) in [5.41, 5.74) is 0. The summed E-state index contributed by atoms with van der Waals surface area (Å²) in [7, 11) is 0. The smallest absolute Gasteiger partial charge is 0.123 e. The van der Waals surface area contributed by atoms with Crippen molar-refractivity contribution >= 4 is 6.29 Å². The van der Waals surface area contributed by atoms with E-state index in [2.05, 4.69) is 39.0 Å². The molecule has 0 saturated carbocycles. The lowest BCUT2D eigenvalue weighted by Gasteiger charge is -2.05. The molecule has 0 aliphatic rings. The van der Waals surface area contributed by atoms with Crippen LogP contribution < -0.4 is 0 Å². The maximum absolute atomic E-state index is 10.1. The van der Waals surface area contributed by atoms with E-state index in [1.54, 1.807) is 0 Å². The first-order valence-electron chi connectivity index (χ1n) is 6.47. The summed E-state index contributed by atoms with van der Waals surface area (Å²) in [5, 5.41) is 0. The average molecular weight is 222 g/mol. The number of rotatable bonds is 9. The Kier molecular flexibility index (Phi) is 10.1. The highest BCUT2D eigenvalue weighted by atomic mass is 16.1. The van der Waals surface area contributed by atoms with E-state index in [9.17, 15) is 4.79 Å². The first-order chi connectivity index (χ1) is 7.70. The predicted molar refractivity (Wildman–Crippen MR) is 71.4 cm³/mol. The summed E-state index contributed by atoms with van der Waals surface area (Å²) in [6.45, 7) is 6.69. The van der Waals surface area contributed by atoms with Crippen LogP contribution in [0.5, 0.6) is 0 Å². The molecule has 16 heavy (non-hydrogen) atoms. The van der Waals surface area contributed by atoms with Gasteiger partial charge in [0.25, 0.3) is 0 Å². The monoisotopic (exact) mass is 222 g/mol. The molecule has 0 spiro atoms. The molecule has 92 valence electrons. The van der Waals surface area contributed by atoms with Crippen molar-refractivity contribution in [3.63, 3.8) is 0 Å². The van der Waals surface area contributed by atoms with Gasteiger partial charge in [-0.2, -0.15) is 0 Å². The van der Waals surface area contributed by atoms with Crippen molar-refractivity contribution in [1.82, 2.24) is 0 Å². The van der Waals surface area contributed by atoms with Gasteiger partial charge in [0.05, 0.1) is 0 Å². The van der Waals surface area contributed by atoms with Crippen LogP contribution in [0.4, 0.5) is 0 Å². The molecule has 2 atom stereocenters. The first kappa shape index (κ1) is 15.2. The largest absolute Gasteiger partial charge is 0.303 e.